The van der Waals surface area contributed by atoms with Gasteiger partial charge >= 0.3 is 0 Å². The second-order valence-electron chi connectivity index (χ2n) is 8.57. The van der Waals surface area contributed by atoms with Crippen LogP contribution in [-0.4, -0.2) is 46.1 Å². The molecule has 0 spiro atoms. The van der Waals surface area contributed by atoms with Gasteiger partial charge < -0.3 is 15.4 Å². The molecule has 1 aromatic carbocycles. The van der Waals surface area contributed by atoms with Crippen molar-refractivity contribution in [1.82, 2.24) is 15.0 Å². The van der Waals surface area contributed by atoms with Crippen LogP contribution in [0, 0.1) is 28.9 Å². The monoisotopic (exact) mass is 523 g/mol. The fourth-order valence-electron chi connectivity index (χ4n) is 4.58. The highest BCUT2D eigenvalue weighted by molar-refractivity contribution is 8.13. The Hall–Kier alpha value is -4.11. The molecule has 0 amide bonds. The number of fused-ring (bicyclic) bond motifs is 1. The number of nitriles is 1. The highest BCUT2D eigenvalue weighted by Gasteiger charge is 2.52. The van der Waals surface area contributed by atoms with E-state index in [1.165, 1.54) is 55.4 Å². The molecule has 2 atom stereocenters. The zero-order valence-electron chi connectivity index (χ0n) is 19.5. The Kier molecular flexibility index (Phi) is 6.47. The number of nitrogens with zero attached hydrogens (tertiary/aromatic N) is 6. The highest BCUT2D eigenvalue weighted by Crippen LogP contribution is 2.47. The number of amidine groups is 1. The van der Waals surface area contributed by atoms with Crippen LogP contribution in [0.1, 0.15) is 22.4 Å². The summed E-state index contributed by atoms with van der Waals surface area (Å²) >= 11 is 1.37. The van der Waals surface area contributed by atoms with Gasteiger partial charge in [-0.05, 0) is 35.9 Å². The third-order valence-electron chi connectivity index (χ3n) is 6.35. The minimum absolute atomic E-state index is 0.0479. The van der Waals surface area contributed by atoms with Gasteiger partial charge in [-0.2, -0.15) is 14.6 Å². The van der Waals surface area contributed by atoms with Crippen LogP contribution in [0.25, 0.3) is 11.9 Å². The van der Waals surface area contributed by atoms with Gasteiger partial charge in [-0.3, -0.25) is 4.98 Å². The zero-order chi connectivity index (χ0) is 26.2. The number of aliphatic imine (C=N–C) groups is 1. The molecule has 3 aromatic rings. The average Bonchev–Trinajstić information content (AvgIpc) is 3.29. The molecular weight excluding hydrogens is 503 g/mol. The van der Waals surface area contributed by atoms with Crippen molar-refractivity contribution in [1.29, 1.82) is 5.26 Å². The number of pyridine rings is 1. The largest absolute Gasteiger partial charge is 0.479 e. The van der Waals surface area contributed by atoms with Gasteiger partial charge in [0.05, 0.1) is 31.1 Å². The normalized spacial score (nSPS) is 21.3. The summed E-state index contributed by atoms with van der Waals surface area (Å²) in [5, 5.41) is 9.23. The number of rotatable bonds is 5. The van der Waals surface area contributed by atoms with Gasteiger partial charge in [-0.15, -0.1) is 0 Å². The van der Waals surface area contributed by atoms with E-state index in [0.29, 0.717) is 28.6 Å². The molecule has 1 fully saturated rings. The maximum Gasteiger partial charge on any atom is 0.255 e. The number of halogens is 3. The van der Waals surface area contributed by atoms with Crippen molar-refractivity contribution in [3.8, 4) is 11.9 Å². The van der Waals surface area contributed by atoms with Gasteiger partial charge in [0, 0.05) is 30.0 Å². The van der Waals surface area contributed by atoms with E-state index in [1.807, 2.05) is 6.07 Å². The van der Waals surface area contributed by atoms with Crippen LogP contribution in [0.4, 0.5) is 19.1 Å². The second kappa shape index (κ2) is 9.74. The van der Waals surface area contributed by atoms with Crippen LogP contribution in [-0.2, 0) is 5.54 Å². The van der Waals surface area contributed by atoms with E-state index in [-0.39, 0.29) is 35.5 Å². The molecule has 2 aliphatic rings. The van der Waals surface area contributed by atoms with E-state index in [9.17, 15) is 8.78 Å². The van der Waals surface area contributed by atoms with Gasteiger partial charge in [0.1, 0.15) is 23.3 Å². The lowest BCUT2D eigenvalue weighted by Gasteiger charge is -2.35. The van der Waals surface area contributed by atoms with E-state index < -0.39 is 23.0 Å². The summed E-state index contributed by atoms with van der Waals surface area (Å²) in [4.78, 5) is 18.7. The number of aromatic nitrogens is 3. The number of benzene rings is 1. The van der Waals surface area contributed by atoms with Gasteiger partial charge in [0.15, 0.2) is 5.17 Å². The topological polar surface area (TPSA) is 113 Å². The Morgan fingerprint density at radius 1 is 1.24 bits per heavy atom. The Morgan fingerprint density at radius 3 is 2.81 bits per heavy atom. The summed E-state index contributed by atoms with van der Waals surface area (Å²) in [7, 11) is 1.31. The van der Waals surface area contributed by atoms with Gasteiger partial charge in [-0.1, -0.05) is 17.8 Å². The summed E-state index contributed by atoms with van der Waals surface area (Å²) in [5.74, 6) is -1.44. The summed E-state index contributed by atoms with van der Waals surface area (Å²) in [6.07, 6.45) is 3.54. The second-order valence-corrected chi connectivity index (χ2v) is 9.61. The number of hydrogen-bond acceptors (Lipinski definition) is 9. The van der Waals surface area contributed by atoms with Crippen LogP contribution in [0.5, 0.6) is 5.88 Å². The van der Waals surface area contributed by atoms with Gasteiger partial charge in [-0.25, -0.2) is 18.8 Å². The van der Waals surface area contributed by atoms with E-state index in [2.05, 4.69) is 15.0 Å². The van der Waals surface area contributed by atoms with Gasteiger partial charge in [0.2, 0.25) is 11.8 Å². The predicted molar refractivity (Wildman–Crippen MR) is 134 cm³/mol. The first-order chi connectivity index (χ1) is 17.8. The summed E-state index contributed by atoms with van der Waals surface area (Å²) in [6.45, 7) is 0.596. The molecule has 12 heteroatoms. The molecule has 1 saturated heterocycles. The van der Waals surface area contributed by atoms with Crippen molar-refractivity contribution < 1.29 is 17.9 Å². The average molecular weight is 524 g/mol. The van der Waals surface area contributed by atoms with Crippen molar-refractivity contribution in [2.45, 2.75) is 5.54 Å². The predicted octanol–water partition coefficient (Wildman–Crippen LogP) is 3.89. The van der Waals surface area contributed by atoms with E-state index >= 15 is 4.39 Å². The Balaban J connectivity index is 1.54. The molecule has 0 aliphatic carbocycles. The van der Waals surface area contributed by atoms with Crippen LogP contribution in [0.3, 0.4) is 0 Å². The molecule has 2 aliphatic heterocycles. The fraction of sp³-hybridized carbons (Fsp3) is 0.240. The summed E-state index contributed by atoms with van der Waals surface area (Å²) in [6, 6.07) is 9.07. The minimum Gasteiger partial charge on any atom is -0.479 e. The lowest BCUT2D eigenvalue weighted by molar-refractivity contribution is 0.366. The molecular formula is C25H20F3N7OS. The van der Waals surface area contributed by atoms with Gasteiger partial charge in [0.25, 0.3) is 5.88 Å². The van der Waals surface area contributed by atoms with Crippen LogP contribution in [0.2, 0.25) is 0 Å². The standard InChI is InChI=1S/C25H20F3N7OS/c1-36-22-20(28)10-32-24(33-22)35-11-16-12-37-23(30)34-25(16,13-35)17-6-14(2-4-18(17)26)7-19(27)21-5-3-15(8-29)9-31-21/h2-7,9-10,16H,11-13H2,1H3,(H2,30,34)/b19-7-/t16-,25-/m0/s1. The zero-order valence-corrected chi connectivity index (χ0v) is 20.3. The van der Waals surface area contributed by atoms with Crippen LogP contribution < -0.4 is 15.4 Å². The molecule has 2 aromatic heterocycles. The molecule has 0 bridgehead atoms. The Labute approximate surface area is 214 Å². The first kappa shape index (κ1) is 24.6. The van der Waals surface area contributed by atoms with E-state index in [0.717, 1.165) is 6.20 Å². The fourth-order valence-corrected chi connectivity index (χ4v) is 5.56. The molecule has 0 saturated carbocycles. The van der Waals surface area contributed by atoms with Crippen molar-refractivity contribution >= 4 is 34.8 Å². The molecule has 5 rings (SSSR count). The molecule has 0 unspecified atom stereocenters. The number of nitrogens with two attached hydrogens (primary N) is 1. The number of anilines is 1. The van der Waals surface area contributed by atoms with E-state index in [1.54, 1.807) is 11.0 Å². The van der Waals surface area contributed by atoms with Crippen molar-refractivity contribution in [3.63, 3.8) is 0 Å². The SMILES string of the molecule is COc1nc(N2C[C@H]3CSC(N)=N[C@@]3(c3cc(/C=C(\F)c4ccc(C#N)cn4)ccc3F)C2)ncc1F. The smallest absolute Gasteiger partial charge is 0.255 e. The van der Waals surface area contributed by atoms with Crippen molar-refractivity contribution in [2.24, 2.45) is 16.6 Å². The molecule has 4 heterocycles. The van der Waals surface area contributed by atoms with Crippen LogP contribution >= 0.6 is 11.8 Å². The highest BCUT2D eigenvalue weighted by atomic mass is 32.2. The number of hydrogen-bond donors (Lipinski definition) is 1. The Bertz CT molecular complexity index is 1460. The van der Waals surface area contributed by atoms with Crippen LogP contribution in [0.15, 0.2) is 47.7 Å². The number of methoxy groups -OCH3 is 1. The molecule has 8 nitrogen and oxygen atoms in total. The summed E-state index contributed by atoms with van der Waals surface area (Å²) < 4.78 is 49.2. The van der Waals surface area contributed by atoms with Crippen molar-refractivity contribution in [2.75, 3.05) is 30.9 Å². The maximum absolute atomic E-state index is 15.4. The lowest BCUT2D eigenvalue weighted by Crippen LogP contribution is -2.40. The third-order valence-corrected chi connectivity index (χ3v) is 7.31. The quantitative estimate of drug-likeness (QED) is 0.536. The van der Waals surface area contributed by atoms with Crippen molar-refractivity contribution in [3.05, 3.63) is 76.7 Å². The molecule has 0 radical (unpaired) electrons. The first-order valence-electron chi connectivity index (χ1n) is 11.2. The van der Waals surface area contributed by atoms with E-state index in [4.69, 9.17) is 20.7 Å². The maximum atomic E-state index is 15.4. The summed E-state index contributed by atoms with van der Waals surface area (Å²) in [5.41, 5.74) is 6.03. The molecule has 2 N–H and O–H groups in total. The third kappa shape index (κ3) is 4.58. The minimum atomic E-state index is -1.09. The Morgan fingerprint density at radius 2 is 2.08 bits per heavy atom. The number of ether oxygens (including phenoxy) is 1. The first-order valence-corrected chi connectivity index (χ1v) is 12.1. The lowest BCUT2D eigenvalue weighted by atomic mass is 9.81. The molecule has 188 valence electrons. The molecule has 37 heavy (non-hydrogen) atoms. The number of thioether (sulfide) groups is 1.